The lowest BCUT2D eigenvalue weighted by atomic mass is 10.1. The van der Waals surface area contributed by atoms with E-state index in [0.717, 1.165) is 17.7 Å². The van der Waals surface area contributed by atoms with Crippen molar-refractivity contribution in [1.82, 2.24) is 5.32 Å². The fraction of sp³-hybridized carbons (Fsp3) is 0.333. The number of hydrogen-bond acceptors (Lipinski definition) is 2. The van der Waals surface area contributed by atoms with Crippen LogP contribution in [0.4, 0.5) is 0 Å². The van der Waals surface area contributed by atoms with E-state index in [1.807, 2.05) is 26.1 Å². The molecule has 0 aliphatic rings. The Bertz CT molecular complexity index is 225. The normalized spacial score (nSPS) is 10.0. The Labute approximate surface area is 66.9 Å². The minimum Gasteiger partial charge on any atom is -0.508 e. The fourth-order valence-corrected chi connectivity index (χ4v) is 1.09. The second kappa shape index (κ2) is 3.39. The first-order valence-electron chi connectivity index (χ1n) is 3.67. The Kier molecular flexibility index (Phi) is 2.49. The van der Waals surface area contributed by atoms with Gasteiger partial charge in [0.05, 0.1) is 0 Å². The molecule has 60 valence electrons. The quantitative estimate of drug-likeness (QED) is 0.670. The van der Waals surface area contributed by atoms with Crippen molar-refractivity contribution in [3.8, 4) is 5.75 Å². The molecule has 0 heterocycles. The minimum atomic E-state index is 0.374. The molecular weight excluding hydrogens is 138 g/mol. The summed E-state index contributed by atoms with van der Waals surface area (Å²) in [4.78, 5) is 0. The van der Waals surface area contributed by atoms with Gasteiger partial charge in [-0.1, -0.05) is 12.1 Å². The summed E-state index contributed by atoms with van der Waals surface area (Å²) >= 11 is 0. The van der Waals surface area contributed by atoms with Crippen molar-refractivity contribution in [2.45, 2.75) is 13.5 Å². The third-order valence-electron chi connectivity index (χ3n) is 1.74. The summed E-state index contributed by atoms with van der Waals surface area (Å²) in [5, 5.41) is 12.4. The summed E-state index contributed by atoms with van der Waals surface area (Å²) in [5.41, 5.74) is 2.11. The Morgan fingerprint density at radius 1 is 1.45 bits per heavy atom. The van der Waals surface area contributed by atoms with E-state index in [2.05, 4.69) is 5.32 Å². The van der Waals surface area contributed by atoms with E-state index in [4.69, 9.17) is 0 Å². The summed E-state index contributed by atoms with van der Waals surface area (Å²) in [6, 6.07) is 5.55. The first kappa shape index (κ1) is 8.08. The van der Waals surface area contributed by atoms with Crippen LogP contribution < -0.4 is 5.32 Å². The van der Waals surface area contributed by atoms with Crippen LogP contribution in [-0.4, -0.2) is 12.2 Å². The van der Waals surface area contributed by atoms with Crippen molar-refractivity contribution in [3.05, 3.63) is 29.3 Å². The van der Waals surface area contributed by atoms with Crippen molar-refractivity contribution in [3.63, 3.8) is 0 Å². The molecule has 0 aliphatic heterocycles. The highest BCUT2D eigenvalue weighted by atomic mass is 16.3. The fourth-order valence-electron chi connectivity index (χ4n) is 1.09. The predicted octanol–water partition coefficient (Wildman–Crippen LogP) is 1.42. The van der Waals surface area contributed by atoms with Gasteiger partial charge in [-0.25, -0.2) is 0 Å². The average Bonchev–Trinajstić information content (AvgIpc) is 1.97. The maximum Gasteiger partial charge on any atom is 0.120 e. The number of phenolic OH excluding ortho intramolecular Hbond substituents is 1. The molecule has 0 atom stereocenters. The summed E-state index contributed by atoms with van der Waals surface area (Å²) in [6.45, 7) is 2.71. The Morgan fingerprint density at radius 3 is 2.73 bits per heavy atom. The third-order valence-corrected chi connectivity index (χ3v) is 1.74. The largest absolute Gasteiger partial charge is 0.508 e. The number of phenols is 1. The molecule has 0 fully saturated rings. The number of hydrogen-bond donors (Lipinski definition) is 2. The maximum atomic E-state index is 9.38. The molecule has 0 unspecified atom stereocenters. The van der Waals surface area contributed by atoms with Crippen LogP contribution in [0.15, 0.2) is 18.2 Å². The van der Waals surface area contributed by atoms with Gasteiger partial charge < -0.3 is 10.4 Å². The molecule has 2 heteroatoms. The van der Waals surface area contributed by atoms with Crippen LogP contribution in [0.25, 0.3) is 0 Å². The number of nitrogens with one attached hydrogen (secondary N) is 1. The van der Waals surface area contributed by atoms with E-state index >= 15 is 0 Å². The molecule has 0 aromatic heterocycles. The van der Waals surface area contributed by atoms with Gasteiger partial charge in [-0.05, 0) is 25.6 Å². The van der Waals surface area contributed by atoms with Crippen molar-refractivity contribution < 1.29 is 5.11 Å². The first-order chi connectivity index (χ1) is 5.25. The molecule has 0 aliphatic carbocycles. The Balaban J connectivity index is 3.00. The maximum absolute atomic E-state index is 9.38. The molecule has 1 aromatic rings. The molecule has 0 saturated heterocycles. The van der Waals surface area contributed by atoms with Gasteiger partial charge in [-0.15, -0.1) is 0 Å². The molecule has 0 saturated carbocycles. The van der Waals surface area contributed by atoms with Crippen LogP contribution in [0.2, 0.25) is 0 Å². The second-order valence-corrected chi connectivity index (χ2v) is 2.60. The van der Waals surface area contributed by atoms with Gasteiger partial charge in [0.2, 0.25) is 0 Å². The molecule has 0 amide bonds. The van der Waals surface area contributed by atoms with Crippen molar-refractivity contribution >= 4 is 0 Å². The lowest BCUT2D eigenvalue weighted by Gasteiger charge is -2.06. The lowest BCUT2D eigenvalue weighted by molar-refractivity contribution is 0.465. The molecule has 2 N–H and O–H groups in total. The standard InChI is InChI=1S/C9H13NO/c1-7-4-3-5-9(11)8(7)6-10-2/h3-5,10-11H,6H2,1-2H3. The van der Waals surface area contributed by atoms with E-state index in [1.54, 1.807) is 6.07 Å². The van der Waals surface area contributed by atoms with Gasteiger partial charge in [0.25, 0.3) is 0 Å². The van der Waals surface area contributed by atoms with Gasteiger partial charge in [-0.3, -0.25) is 0 Å². The molecule has 11 heavy (non-hydrogen) atoms. The van der Waals surface area contributed by atoms with Crippen LogP contribution in [-0.2, 0) is 6.54 Å². The average molecular weight is 151 g/mol. The zero-order chi connectivity index (χ0) is 8.27. The number of aryl methyl sites for hydroxylation is 1. The zero-order valence-corrected chi connectivity index (χ0v) is 6.89. The Morgan fingerprint density at radius 2 is 2.18 bits per heavy atom. The second-order valence-electron chi connectivity index (χ2n) is 2.60. The summed E-state index contributed by atoms with van der Waals surface area (Å²) in [7, 11) is 1.87. The van der Waals surface area contributed by atoms with Crippen LogP contribution >= 0.6 is 0 Å². The van der Waals surface area contributed by atoms with Crippen LogP contribution in [0.5, 0.6) is 5.75 Å². The van der Waals surface area contributed by atoms with E-state index in [0.29, 0.717) is 5.75 Å². The molecule has 1 rings (SSSR count). The first-order valence-corrected chi connectivity index (χ1v) is 3.67. The van der Waals surface area contributed by atoms with Crippen molar-refractivity contribution in [2.75, 3.05) is 7.05 Å². The highest BCUT2D eigenvalue weighted by Gasteiger charge is 2.01. The number of rotatable bonds is 2. The van der Waals surface area contributed by atoms with Crippen molar-refractivity contribution in [2.24, 2.45) is 0 Å². The highest BCUT2D eigenvalue weighted by molar-refractivity contribution is 5.38. The zero-order valence-electron chi connectivity index (χ0n) is 6.89. The smallest absolute Gasteiger partial charge is 0.120 e. The summed E-state index contributed by atoms with van der Waals surface area (Å²) in [5.74, 6) is 0.374. The monoisotopic (exact) mass is 151 g/mol. The molecule has 0 bridgehead atoms. The summed E-state index contributed by atoms with van der Waals surface area (Å²) in [6.07, 6.45) is 0. The van der Waals surface area contributed by atoms with Crippen LogP contribution in [0.1, 0.15) is 11.1 Å². The molecule has 0 radical (unpaired) electrons. The van der Waals surface area contributed by atoms with E-state index in [-0.39, 0.29) is 0 Å². The Hall–Kier alpha value is -1.02. The predicted molar refractivity (Wildman–Crippen MR) is 45.6 cm³/mol. The number of benzene rings is 1. The van der Waals surface area contributed by atoms with Gasteiger partial charge in [0, 0.05) is 12.1 Å². The highest BCUT2D eigenvalue weighted by Crippen LogP contribution is 2.19. The lowest BCUT2D eigenvalue weighted by Crippen LogP contribution is -2.06. The third kappa shape index (κ3) is 1.71. The molecule has 0 spiro atoms. The van der Waals surface area contributed by atoms with Crippen LogP contribution in [0.3, 0.4) is 0 Å². The SMILES string of the molecule is CNCc1c(C)cccc1O. The topological polar surface area (TPSA) is 32.3 Å². The van der Waals surface area contributed by atoms with E-state index < -0.39 is 0 Å². The van der Waals surface area contributed by atoms with Gasteiger partial charge >= 0.3 is 0 Å². The van der Waals surface area contributed by atoms with Crippen LogP contribution in [0, 0.1) is 6.92 Å². The van der Waals surface area contributed by atoms with E-state index in [9.17, 15) is 5.11 Å². The van der Waals surface area contributed by atoms with Gasteiger partial charge in [0.1, 0.15) is 5.75 Å². The summed E-state index contributed by atoms with van der Waals surface area (Å²) < 4.78 is 0. The van der Waals surface area contributed by atoms with Gasteiger partial charge in [-0.2, -0.15) is 0 Å². The molecular formula is C9H13NO. The van der Waals surface area contributed by atoms with E-state index in [1.165, 1.54) is 0 Å². The van der Waals surface area contributed by atoms with Gasteiger partial charge in [0.15, 0.2) is 0 Å². The molecule has 1 aromatic carbocycles. The minimum absolute atomic E-state index is 0.374. The van der Waals surface area contributed by atoms with Crippen molar-refractivity contribution in [1.29, 1.82) is 0 Å². The molecule has 2 nitrogen and oxygen atoms in total. The number of aromatic hydroxyl groups is 1.